The number of benzene rings is 3. The third-order valence-corrected chi connectivity index (χ3v) is 7.05. The van der Waals surface area contributed by atoms with Gasteiger partial charge < -0.3 is 7.16 Å². The number of hydrogen-bond donors (Lipinski definition) is 3. The molecule has 4 N–H and O–H groups in total. The summed E-state index contributed by atoms with van der Waals surface area (Å²) in [6.07, 6.45) is 0. The van der Waals surface area contributed by atoms with Gasteiger partial charge in [-0.05, 0) is 18.2 Å². The summed E-state index contributed by atoms with van der Waals surface area (Å²) in [4.78, 5) is 25.2. The van der Waals surface area contributed by atoms with E-state index in [-0.39, 0.29) is 47.0 Å². The number of hydrogen-bond acceptors (Lipinski definition) is 7. The van der Waals surface area contributed by atoms with Crippen LogP contribution >= 0.6 is 0 Å². The molecular weight excluding hydrogens is 467 g/mol. The van der Waals surface area contributed by atoms with Crippen molar-refractivity contribution in [3.63, 3.8) is 0 Å². The van der Waals surface area contributed by atoms with Gasteiger partial charge in [0.25, 0.3) is 20.1 Å². The molecule has 0 atom stereocenters. The van der Waals surface area contributed by atoms with Crippen LogP contribution in [-0.2, 0) is 20.1 Å². The van der Waals surface area contributed by atoms with Crippen LogP contribution in [0.15, 0.2) is 70.5 Å². The van der Waals surface area contributed by atoms with Gasteiger partial charge in [-0.3, -0.25) is 18.9 Å². The fourth-order valence-corrected chi connectivity index (χ4v) is 5.12. The van der Waals surface area contributed by atoms with Gasteiger partial charge in [-0.25, -0.2) is 8.42 Å². The first-order valence-electron chi connectivity index (χ1n) is 8.72. The van der Waals surface area contributed by atoms with Crippen LogP contribution in [0.4, 0.5) is 11.4 Å². The maximum absolute atomic E-state index is 13.2. The minimum Gasteiger partial charge on any atom is -1.00 e. The average molecular weight is 482 g/mol. The number of carbonyl (C=O) groups excluding carboxylic acids is 2. The Morgan fingerprint density at radius 2 is 1.31 bits per heavy atom. The van der Waals surface area contributed by atoms with Gasteiger partial charge in [0.15, 0.2) is 11.6 Å². The Morgan fingerprint density at radius 1 is 0.812 bits per heavy atom. The van der Waals surface area contributed by atoms with Gasteiger partial charge in [0.05, 0.1) is 27.4 Å². The van der Waals surface area contributed by atoms with Gasteiger partial charge in [-0.2, -0.15) is 8.42 Å². The van der Waals surface area contributed by atoms with E-state index >= 15 is 0 Å². The SMILES string of the molecule is Nc1c(S(=O)(=O)O)cc(NS(=O)(=O)c2ccccc2)c2c1C(=O)c1ccccc1C2=O.[H-].[Na+]. The predicted molar refractivity (Wildman–Crippen MR) is 112 cm³/mol. The number of ketones is 2. The Morgan fingerprint density at radius 3 is 1.84 bits per heavy atom. The largest absolute Gasteiger partial charge is 1.00 e. The van der Waals surface area contributed by atoms with E-state index in [2.05, 4.69) is 4.72 Å². The van der Waals surface area contributed by atoms with Crippen LogP contribution in [0.3, 0.4) is 0 Å². The van der Waals surface area contributed by atoms with Crippen LogP contribution in [-0.4, -0.2) is 33.0 Å². The number of nitrogens with one attached hydrogen (secondary N) is 1. The van der Waals surface area contributed by atoms with Crippen molar-refractivity contribution in [3.8, 4) is 0 Å². The molecular formula is C20H15N2NaO7S2. The predicted octanol–water partition coefficient (Wildman–Crippen LogP) is -0.792. The maximum Gasteiger partial charge on any atom is 1.00 e. The molecule has 0 amide bonds. The standard InChI is InChI=1S/C20H14N2O7S2.Na.H/c21-18-15(31(27,28)29)10-14(22-30(25,26)11-6-2-1-3-7-11)16-17(18)20(24)13-9-5-4-8-12(13)19(16)23;;/h1-10,22H,21H2,(H,27,28,29);;/q;+1;-1. The molecule has 3 aromatic rings. The number of nitrogen functional groups attached to an aromatic ring is 1. The number of anilines is 2. The second-order valence-electron chi connectivity index (χ2n) is 6.68. The summed E-state index contributed by atoms with van der Waals surface area (Å²) >= 11 is 0. The minimum atomic E-state index is -4.95. The third-order valence-electron chi connectivity index (χ3n) is 4.78. The fourth-order valence-electron chi connectivity index (χ4n) is 3.39. The van der Waals surface area contributed by atoms with Gasteiger partial charge >= 0.3 is 29.6 Å². The first-order valence-corrected chi connectivity index (χ1v) is 11.6. The summed E-state index contributed by atoms with van der Waals surface area (Å²) in [5.74, 6) is -1.49. The average Bonchev–Trinajstić information content (AvgIpc) is 2.72. The second-order valence-corrected chi connectivity index (χ2v) is 9.76. The number of nitrogens with two attached hydrogens (primary N) is 1. The molecule has 4 rings (SSSR count). The zero-order chi connectivity index (χ0) is 22.6. The first-order chi connectivity index (χ1) is 14.5. The van der Waals surface area contributed by atoms with Crippen molar-refractivity contribution in [2.45, 2.75) is 9.79 Å². The molecule has 0 unspecified atom stereocenters. The van der Waals surface area contributed by atoms with Crippen LogP contribution in [0.25, 0.3) is 0 Å². The van der Waals surface area contributed by atoms with Gasteiger partial charge in [-0.15, -0.1) is 0 Å². The molecule has 0 bridgehead atoms. The molecule has 0 fully saturated rings. The minimum absolute atomic E-state index is 0. The van der Waals surface area contributed by atoms with Gasteiger partial charge in [0.2, 0.25) is 0 Å². The summed E-state index contributed by atoms with van der Waals surface area (Å²) in [6.45, 7) is 0. The van der Waals surface area contributed by atoms with E-state index in [1.807, 2.05) is 0 Å². The number of sulfonamides is 1. The van der Waals surface area contributed by atoms with E-state index in [1.165, 1.54) is 48.5 Å². The second kappa shape index (κ2) is 8.43. The maximum atomic E-state index is 13.2. The molecule has 9 nitrogen and oxygen atoms in total. The topological polar surface area (TPSA) is 161 Å². The monoisotopic (exact) mass is 482 g/mol. The van der Waals surface area contributed by atoms with E-state index in [1.54, 1.807) is 6.07 Å². The summed E-state index contributed by atoms with van der Waals surface area (Å²) < 4.78 is 61.1. The van der Waals surface area contributed by atoms with Crippen LogP contribution in [0.1, 0.15) is 33.3 Å². The Hall–Kier alpha value is -2.54. The Labute approximate surface area is 207 Å². The van der Waals surface area contributed by atoms with Crippen molar-refractivity contribution < 1.29 is 62.0 Å². The molecule has 0 saturated heterocycles. The zero-order valence-electron chi connectivity index (χ0n) is 17.6. The molecule has 0 saturated carbocycles. The van der Waals surface area contributed by atoms with Crippen molar-refractivity contribution in [2.75, 3.05) is 10.5 Å². The van der Waals surface area contributed by atoms with Crippen LogP contribution in [0.2, 0.25) is 0 Å². The van der Waals surface area contributed by atoms with Crippen molar-refractivity contribution >= 4 is 43.1 Å². The first kappa shape index (κ1) is 24.1. The van der Waals surface area contributed by atoms with Gasteiger partial charge in [0.1, 0.15) is 4.90 Å². The summed E-state index contributed by atoms with van der Waals surface area (Å²) in [5.41, 5.74) is 3.82. The number of carbonyl (C=O) groups is 2. The Balaban J connectivity index is 0.00000193. The van der Waals surface area contributed by atoms with Gasteiger partial charge in [0, 0.05) is 11.1 Å². The molecule has 0 aliphatic heterocycles. The van der Waals surface area contributed by atoms with Gasteiger partial charge in [-0.1, -0.05) is 42.5 Å². The fraction of sp³-hybridized carbons (Fsp3) is 0. The van der Waals surface area contributed by atoms with Crippen LogP contribution in [0, 0.1) is 0 Å². The van der Waals surface area contributed by atoms with E-state index in [0.717, 1.165) is 6.07 Å². The normalized spacial score (nSPS) is 13.0. The molecule has 0 spiro atoms. The number of fused-ring (bicyclic) bond motifs is 2. The molecule has 1 aliphatic carbocycles. The van der Waals surface area contributed by atoms with Crippen molar-refractivity contribution in [1.29, 1.82) is 0 Å². The summed E-state index contributed by atoms with van der Waals surface area (Å²) in [7, 11) is -9.22. The molecule has 0 radical (unpaired) electrons. The van der Waals surface area contributed by atoms with E-state index in [9.17, 15) is 31.0 Å². The summed E-state index contributed by atoms with van der Waals surface area (Å²) in [6, 6.07) is 13.6. The summed E-state index contributed by atoms with van der Waals surface area (Å²) in [5, 5.41) is 0. The zero-order valence-corrected chi connectivity index (χ0v) is 20.2. The van der Waals surface area contributed by atoms with Crippen LogP contribution in [0.5, 0.6) is 0 Å². The number of rotatable bonds is 4. The van der Waals surface area contributed by atoms with Crippen LogP contribution < -0.4 is 40.0 Å². The molecule has 0 heterocycles. The molecule has 12 heteroatoms. The Kier molecular flexibility index (Phi) is 6.35. The quantitative estimate of drug-likeness (QED) is 0.194. The van der Waals surface area contributed by atoms with E-state index in [4.69, 9.17) is 5.73 Å². The van der Waals surface area contributed by atoms with Crippen molar-refractivity contribution in [1.82, 2.24) is 0 Å². The molecule has 1 aliphatic rings. The van der Waals surface area contributed by atoms with Crippen molar-refractivity contribution in [3.05, 3.63) is 82.9 Å². The molecule has 32 heavy (non-hydrogen) atoms. The molecule has 3 aromatic carbocycles. The van der Waals surface area contributed by atoms with Crippen molar-refractivity contribution in [2.24, 2.45) is 0 Å². The molecule has 0 aromatic heterocycles. The smallest absolute Gasteiger partial charge is 1.00 e. The van der Waals surface area contributed by atoms with E-state index < -0.39 is 59.1 Å². The van der Waals surface area contributed by atoms with E-state index in [0.29, 0.717) is 0 Å². The third kappa shape index (κ3) is 3.98. The Bertz CT molecular complexity index is 1490. The molecule has 160 valence electrons.